The lowest BCUT2D eigenvalue weighted by molar-refractivity contribution is 0.102. The van der Waals surface area contributed by atoms with Crippen LogP contribution in [0.25, 0.3) is 0 Å². The van der Waals surface area contributed by atoms with Crippen molar-refractivity contribution in [1.82, 2.24) is 0 Å². The van der Waals surface area contributed by atoms with Crippen LogP contribution in [0.15, 0.2) is 12.1 Å². The molecular weight excluding hydrogens is 340 g/mol. The van der Waals surface area contributed by atoms with Crippen LogP contribution in [0.5, 0.6) is 17.2 Å². The molecule has 8 heteroatoms. The van der Waals surface area contributed by atoms with Crippen molar-refractivity contribution in [2.24, 2.45) is 0 Å². The maximum Gasteiger partial charge on any atom is 0.306 e. The Morgan fingerprint density at radius 2 is 1.68 bits per heavy atom. The minimum absolute atomic E-state index is 0.0304. The minimum Gasteiger partial charge on any atom is -0.493 e. The Bertz CT molecular complexity index is 581. The molecule has 106 valence electrons. The highest BCUT2D eigenvalue weighted by atomic mass is 79.9. The minimum atomic E-state index is -3.75. The van der Waals surface area contributed by atoms with E-state index in [2.05, 4.69) is 15.9 Å². The molecule has 0 saturated heterocycles. The maximum absolute atomic E-state index is 11.8. The Hall–Kier alpha value is -1.28. The van der Waals surface area contributed by atoms with E-state index in [4.69, 9.17) is 13.7 Å². The van der Waals surface area contributed by atoms with Gasteiger partial charge in [-0.05, 0) is 6.07 Å². The first-order valence-electron chi connectivity index (χ1n) is 5.07. The topological polar surface area (TPSA) is 78.9 Å². The number of ketones is 1. The SMILES string of the molecule is COc1cc(OS(C)(=O)=O)c(C(=O)CBr)cc1OC. The van der Waals surface area contributed by atoms with Gasteiger partial charge in [0.15, 0.2) is 23.0 Å². The molecule has 0 N–H and O–H groups in total. The van der Waals surface area contributed by atoms with Crippen LogP contribution in [0.2, 0.25) is 0 Å². The van der Waals surface area contributed by atoms with E-state index in [-0.39, 0.29) is 28.2 Å². The molecule has 0 fully saturated rings. The molecule has 1 aromatic carbocycles. The first kappa shape index (κ1) is 15.8. The molecule has 1 rings (SSSR count). The van der Waals surface area contributed by atoms with Gasteiger partial charge in [0, 0.05) is 6.07 Å². The number of carbonyl (C=O) groups is 1. The molecule has 0 unspecified atom stereocenters. The number of rotatable bonds is 6. The quantitative estimate of drug-likeness (QED) is 0.439. The van der Waals surface area contributed by atoms with Crippen molar-refractivity contribution >= 4 is 31.8 Å². The molecule has 0 saturated carbocycles. The van der Waals surface area contributed by atoms with Crippen LogP contribution in [-0.4, -0.2) is 40.0 Å². The normalized spacial score (nSPS) is 10.9. The summed E-state index contributed by atoms with van der Waals surface area (Å²) in [5.41, 5.74) is 0.0972. The number of alkyl halides is 1. The summed E-state index contributed by atoms with van der Waals surface area (Å²) < 4.78 is 37.3. The van der Waals surface area contributed by atoms with Gasteiger partial charge < -0.3 is 13.7 Å². The van der Waals surface area contributed by atoms with E-state index < -0.39 is 10.1 Å². The molecule has 0 aliphatic heterocycles. The zero-order chi connectivity index (χ0) is 14.6. The van der Waals surface area contributed by atoms with E-state index in [1.165, 1.54) is 26.4 Å². The molecule has 1 aromatic rings. The summed E-state index contributed by atoms with van der Waals surface area (Å²) in [7, 11) is -0.939. The molecule has 0 amide bonds. The average molecular weight is 353 g/mol. The van der Waals surface area contributed by atoms with Gasteiger partial charge in [0.1, 0.15) is 0 Å². The lowest BCUT2D eigenvalue weighted by atomic mass is 10.1. The van der Waals surface area contributed by atoms with E-state index in [1.54, 1.807) is 0 Å². The fraction of sp³-hybridized carbons (Fsp3) is 0.364. The first-order chi connectivity index (χ1) is 8.82. The maximum atomic E-state index is 11.8. The second-order valence-electron chi connectivity index (χ2n) is 3.55. The Morgan fingerprint density at radius 1 is 1.16 bits per heavy atom. The third kappa shape index (κ3) is 4.10. The molecule has 0 spiro atoms. The van der Waals surface area contributed by atoms with Crippen molar-refractivity contribution in [3.63, 3.8) is 0 Å². The van der Waals surface area contributed by atoms with E-state index in [1.807, 2.05) is 0 Å². The van der Waals surface area contributed by atoms with Gasteiger partial charge in [-0.2, -0.15) is 8.42 Å². The summed E-state index contributed by atoms with van der Waals surface area (Å²) in [5.74, 6) is 0.157. The Kier molecular flexibility index (Phi) is 5.19. The second-order valence-corrected chi connectivity index (χ2v) is 5.68. The average Bonchev–Trinajstić information content (AvgIpc) is 2.35. The monoisotopic (exact) mass is 352 g/mol. The van der Waals surface area contributed by atoms with Crippen molar-refractivity contribution in [3.8, 4) is 17.2 Å². The van der Waals surface area contributed by atoms with E-state index >= 15 is 0 Å². The fourth-order valence-corrected chi connectivity index (χ4v) is 2.15. The van der Waals surface area contributed by atoms with Gasteiger partial charge in [-0.3, -0.25) is 4.79 Å². The van der Waals surface area contributed by atoms with Crippen LogP contribution in [0, 0.1) is 0 Å². The molecule has 0 bridgehead atoms. The van der Waals surface area contributed by atoms with Crippen LogP contribution in [0.1, 0.15) is 10.4 Å². The summed E-state index contributed by atoms with van der Waals surface area (Å²) in [6.07, 6.45) is 0.895. The van der Waals surface area contributed by atoms with Gasteiger partial charge >= 0.3 is 10.1 Å². The van der Waals surface area contributed by atoms with Gasteiger partial charge in [0.2, 0.25) is 0 Å². The van der Waals surface area contributed by atoms with Crippen molar-refractivity contribution in [3.05, 3.63) is 17.7 Å². The standard InChI is InChI=1S/C11H13BrO6S/c1-16-10-4-7(8(13)6-12)9(5-11(10)17-2)18-19(3,14)15/h4-5H,6H2,1-3H3. The van der Waals surface area contributed by atoms with Crippen LogP contribution in [-0.2, 0) is 10.1 Å². The van der Waals surface area contributed by atoms with Crippen LogP contribution >= 0.6 is 15.9 Å². The predicted molar refractivity (Wildman–Crippen MR) is 73.1 cm³/mol. The van der Waals surface area contributed by atoms with E-state index in [0.29, 0.717) is 5.75 Å². The second kappa shape index (κ2) is 6.25. The third-order valence-electron chi connectivity index (χ3n) is 2.15. The highest BCUT2D eigenvalue weighted by Gasteiger charge is 2.20. The van der Waals surface area contributed by atoms with E-state index in [0.717, 1.165) is 6.26 Å². The Balaban J connectivity index is 3.44. The number of hydrogen-bond donors (Lipinski definition) is 0. The molecule has 0 atom stereocenters. The van der Waals surface area contributed by atoms with Gasteiger partial charge in [-0.15, -0.1) is 0 Å². The molecule has 0 aliphatic rings. The first-order valence-corrected chi connectivity index (χ1v) is 8.00. The van der Waals surface area contributed by atoms with Gasteiger partial charge in [0.25, 0.3) is 0 Å². The number of Topliss-reactive ketones (excluding diaryl/α,β-unsaturated/α-hetero) is 1. The molecule has 19 heavy (non-hydrogen) atoms. The molecule has 0 heterocycles. The highest BCUT2D eigenvalue weighted by Crippen LogP contribution is 2.35. The lowest BCUT2D eigenvalue weighted by Crippen LogP contribution is -2.11. The largest absolute Gasteiger partial charge is 0.493 e. The Labute approximate surface area is 119 Å². The number of methoxy groups -OCH3 is 2. The summed E-state index contributed by atoms with van der Waals surface area (Å²) in [6.45, 7) is 0. The summed E-state index contributed by atoms with van der Waals surface area (Å²) in [6, 6.07) is 2.68. The predicted octanol–water partition coefficient (Wildman–Crippen LogP) is 1.62. The third-order valence-corrected chi connectivity index (χ3v) is 3.14. The van der Waals surface area contributed by atoms with Crippen LogP contribution in [0.3, 0.4) is 0 Å². The van der Waals surface area contributed by atoms with Crippen molar-refractivity contribution in [1.29, 1.82) is 0 Å². The number of benzene rings is 1. The van der Waals surface area contributed by atoms with Gasteiger partial charge in [0.05, 0.1) is 31.4 Å². The molecular formula is C11H13BrO6S. The highest BCUT2D eigenvalue weighted by molar-refractivity contribution is 9.09. The molecule has 0 radical (unpaired) electrons. The summed E-state index contributed by atoms with van der Waals surface area (Å²) in [5, 5.41) is 0.0304. The van der Waals surface area contributed by atoms with Crippen molar-refractivity contribution < 1.29 is 26.9 Å². The number of halogens is 1. The van der Waals surface area contributed by atoms with Crippen LogP contribution < -0.4 is 13.7 Å². The zero-order valence-electron chi connectivity index (χ0n) is 10.6. The van der Waals surface area contributed by atoms with E-state index in [9.17, 15) is 13.2 Å². The summed E-state index contributed by atoms with van der Waals surface area (Å²) in [4.78, 5) is 11.8. The smallest absolute Gasteiger partial charge is 0.306 e. The molecule has 0 aliphatic carbocycles. The van der Waals surface area contributed by atoms with Gasteiger partial charge in [-0.1, -0.05) is 15.9 Å². The van der Waals surface area contributed by atoms with Crippen molar-refractivity contribution in [2.75, 3.05) is 25.8 Å². The molecule has 0 aromatic heterocycles. The van der Waals surface area contributed by atoms with Crippen LogP contribution in [0.4, 0.5) is 0 Å². The summed E-state index contributed by atoms with van der Waals surface area (Å²) >= 11 is 3.02. The van der Waals surface area contributed by atoms with Gasteiger partial charge in [-0.25, -0.2) is 0 Å². The zero-order valence-corrected chi connectivity index (χ0v) is 13.0. The Morgan fingerprint density at radius 3 is 2.11 bits per heavy atom. The molecule has 6 nitrogen and oxygen atoms in total. The number of carbonyl (C=O) groups excluding carboxylic acids is 1. The fourth-order valence-electron chi connectivity index (χ4n) is 1.38. The van der Waals surface area contributed by atoms with Crippen molar-refractivity contribution in [2.45, 2.75) is 0 Å². The number of ether oxygens (including phenoxy) is 2. The number of hydrogen-bond acceptors (Lipinski definition) is 6. The lowest BCUT2D eigenvalue weighted by Gasteiger charge is -2.13.